The van der Waals surface area contributed by atoms with Crippen molar-refractivity contribution in [1.29, 1.82) is 0 Å². The van der Waals surface area contributed by atoms with E-state index in [1.165, 1.54) is 28.3 Å². The summed E-state index contributed by atoms with van der Waals surface area (Å²) < 4.78 is 5.37. The molecule has 28 heavy (non-hydrogen) atoms. The fourth-order valence-corrected chi connectivity index (χ4v) is 4.35. The third-order valence-electron chi connectivity index (χ3n) is 5.82. The van der Waals surface area contributed by atoms with Gasteiger partial charge in [-0.3, -0.25) is 0 Å². The predicted octanol–water partition coefficient (Wildman–Crippen LogP) is 6.15. The van der Waals surface area contributed by atoms with Gasteiger partial charge in [0.1, 0.15) is 5.58 Å². The van der Waals surface area contributed by atoms with Gasteiger partial charge >= 0.3 is 5.63 Å². The monoisotopic (exact) mass is 367 g/mol. The molecule has 1 aliphatic rings. The molecule has 4 aromatic rings. The molecular formula is C25H21NO2. The standard InChI is InChI=1S/C25H21NO2/c1-15-12-24(27)28-23-14-17(8-10-18(15)23)26-16-9-11-20-19-6-4-5-7-21(19)25(2,3)22(20)13-16/h4-14,26H,1-3H3. The highest BCUT2D eigenvalue weighted by Crippen LogP contribution is 2.49. The molecule has 0 bridgehead atoms. The zero-order valence-corrected chi connectivity index (χ0v) is 16.2. The third kappa shape index (κ3) is 2.47. The van der Waals surface area contributed by atoms with Gasteiger partial charge in [-0.25, -0.2) is 4.79 Å². The van der Waals surface area contributed by atoms with Gasteiger partial charge in [-0.15, -0.1) is 0 Å². The highest BCUT2D eigenvalue weighted by atomic mass is 16.4. The fraction of sp³-hybridized carbons (Fsp3) is 0.160. The highest BCUT2D eigenvalue weighted by Gasteiger charge is 2.35. The van der Waals surface area contributed by atoms with E-state index in [9.17, 15) is 4.79 Å². The minimum atomic E-state index is -0.320. The van der Waals surface area contributed by atoms with Crippen molar-refractivity contribution in [1.82, 2.24) is 0 Å². The zero-order chi connectivity index (χ0) is 19.5. The molecule has 0 saturated heterocycles. The van der Waals surface area contributed by atoms with Gasteiger partial charge in [0, 0.05) is 34.3 Å². The second-order valence-corrected chi connectivity index (χ2v) is 8.02. The van der Waals surface area contributed by atoms with Gasteiger partial charge in [-0.2, -0.15) is 0 Å². The van der Waals surface area contributed by atoms with Crippen molar-refractivity contribution >= 4 is 22.3 Å². The Balaban J connectivity index is 1.55. The van der Waals surface area contributed by atoms with Crippen LogP contribution >= 0.6 is 0 Å². The minimum absolute atomic E-state index is 0.0308. The van der Waals surface area contributed by atoms with Gasteiger partial charge in [0.25, 0.3) is 0 Å². The Morgan fingerprint density at radius 3 is 2.39 bits per heavy atom. The van der Waals surface area contributed by atoms with Crippen molar-refractivity contribution in [3.05, 3.63) is 93.8 Å². The summed E-state index contributed by atoms with van der Waals surface area (Å²) in [5, 5.41) is 4.42. The summed E-state index contributed by atoms with van der Waals surface area (Å²) in [4.78, 5) is 11.7. The van der Waals surface area contributed by atoms with Crippen molar-refractivity contribution in [3.8, 4) is 11.1 Å². The van der Waals surface area contributed by atoms with Gasteiger partial charge in [-0.1, -0.05) is 44.2 Å². The maximum Gasteiger partial charge on any atom is 0.336 e. The molecule has 0 aliphatic heterocycles. The zero-order valence-electron chi connectivity index (χ0n) is 16.2. The minimum Gasteiger partial charge on any atom is -0.423 e. The number of benzene rings is 3. The Labute approximate surface area is 163 Å². The van der Waals surface area contributed by atoms with E-state index in [0.29, 0.717) is 5.58 Å². The van der Waals surface area contributed by atoms with Gasteiger partial charge in [0.2, 0.25) is 0 Å². The van der Waals surface area contributed by atoms with Crippen molar-refractivity contribution < 1.29 is 4.42 Å². The summed E-state index contributed by atoms with van der Waals surface area (Å²) >= 11 is 0. The van der Waals surface area contributed by atoms with E-state index in [1.807, 2.05) is 25.1 Å². The van der Waals surface area contributed by atoms with Gasteiger partial charge in [0.05, 0.1) is 0 Å². The topological polar surface area (TPSA) is 42.2 Å². The molecule has 3 aromatic carbocycles. The summed E-state index contributed by atoms with van der Waals surface area (Å²) in [5.41, 5.74) is 8.40. The van der Waals surface area contributed by atoms with Crippen LogP contribution in [0.25, 0.3) is 22.1 Å². The van der Waals surface area contributed by atoms with E-state index >= 15 is 0 Å². The first-order valence-electron chi connectivity index (χ1n) is 9.49. The van der Waals surface area contributed by atoms with E-state index in [4.69, 9.17) is 4.42 Å². The number of hydrogen-bond acceptors (Lipinski definition) is 3. The molecular weight excluding hydrogens is 346 g/mol. The Hall–Kier alpha value is -3.33. The SMILES string of the molecule is Cc1cc(=O)oc2cc(Nc3ccc4c(c3)C(C)(C)c3ccccc3-4)ccc12. The summed E-state index contributed by atoms with van der Waals surface area (Å²) in [7, 11) is 0. The van der Waals surface area contributed by atoms with Crippen molar-refractivity contribution in [3.63, 3.8) is 0 Å². The second kappa shape index (κ2) is 5.83. The molecule has 0 spiro atoms. The van der Waals surface area contributed by atoms with Gasteiger partial charge in [0.15, 0.2) is 0 Å². The van der Waals surface area contributed by atoms with Crippen molar-refractivity contribution in [2.45, 2.75) is 26.2 Å². The molecule has 0 saturated carbocycles. The number of hydrogen-bond donors (Lipinski definition) is 1. The van der Waals surface area contributed by atoms with Crippen LogP contribution in [0, 0.1) is 6.92 Å². The molecule has 1 heterocycles. The molecule has 3 heteroatoms. The van der Waals surface area contributed by atoms with Crippen molar-refractivity contribution in [2.24, 2.45) is 0 Å². The smallest absolute Gasteiger partial charge is 0.336 e. The van der Waals surface area contributed by atoms with E-state index in [2.05, 4.69) is 61.6 Å². The Bertz CT molecular complexity index is 1300. The molecule has 1 aliphatic carbocycles. The average Bonchev–Trinajstić information content (AvgIpc) is 2.89. The molecule has 0 fully saturated rings. The van der Waals surface area contributed by atoms with E-state index in [1.54, 1.807) is 0 Å². The quantitative estimate of drug-likeness (QED) is 0.432. The largest absolute Gasteiger partial charge is 0.423 e. The van der Waals surface area contributed by atoms with Crippen LogP contribution in [-0.4, -0.2) is 0 Å². The van der Waals surface area contributed by atoms with Crippen LogP contribution < -0.4 is 10.9 Å². The van der Waals surface area contributed by atoms with Gasteiger partial charge < -0.3 is 9.73 Å². The molecule has 138 valence electrons. The number of aryl methyl sites for hydroxylation is 1. The fourth-order valence-electron chi connectivity index (χ4n) is 4.35. The van der Waals surface area contributed by atoms with Crippen LogP contribution in [0.4, 0.5) is 11.4 Å². The lowest BCUT2D eigenvalue weighted by Gasteiger charge is -2.22. The van der Waals surface area contributed by atoms with E-state index < -0.39 is 0 Å². The summed E-state index contributed by atoms with van der Waals surface area (Å²) in [6.45, 7) is 6.47. The molecule has 1 aromatic heterocycles. The molecule has 0 atom stereocenters. The molecule has 0 unspecified atom stereocenters. The summed E-state index contributed by atoms with van der Waals surface area (Å²) in [5.74, 6) is 0. The number of fused-ring (bicyclic) bond motifs is 4. The van der Waals surface area contributed by atoms with Gasteiger partial charge in [-0.05, 0) is 59.0 Å². The first-order chi connectivity index (χ1) is 13.4. The highest BCUT2D eigenvalue weighted by molar-refractivity contribution is 5.86. The second-order valence-electron chi connectivity index (χ2n) is 8.02. The molecule has 0 amide bonds. The van der Waals surface area contributed by atoms with Crippen LogP contribution in [0.2, 0.25) is 0 Å². The normalized spacial score (nSPS) is 14.0. The Kier molecular flexibility index (Phi) is 3.50. The molecule has 3 nitrogen and oxygen atoms in total. The first kappa shape index (κ1) is 16.8. The summed E-state index contributed by atoms with van der Waals surface area (Å²) in [6.07, 6.45) is 0. The molecule has 0 radical (unpaired) electrons. The molecule has 5 rings (SSSR count). The number of nitrogens with one attached hydrogen (secondary N) is 1. The Morgan fingerprint density at radius 1 is 0.821 bits per heavy atom. The molecule has 1 N–H and O–H groups in total. The number of anilines is 2. The lowest BCUT2D eigenvalue weighted by Crippen LogP contribution is -2.15. The third-order valence-corrected chi connectivity index (χ3v) is 5.82. The van der Waals surface area contributed by atoms with Crippen molar-refractivity contribution in [2.75, 3.05) is 5.32 Å². The Morgan fingerprint density at radius 2 is 1.54 bits per heavy atom. The van der Waals surface area contributed by atoms with Crippen LogP contribution in [0.3, 0.4) is 0 Å². The van der Waals surface area contributed by atoms with Crippen LogP contribution in [0.1, 0.15) is 30.5 Å². The van der Waals surface area contributed by atoms with Crippen LogP contribution in [0.15, 0.2) is 75.9 Å². The maximum absolute atomic E-state index is 11.7. The average molecular weight is 367 g/mol. The summed E-state index contributed by atoms with van der Waals surface area (Å²) in [6, 6.07) is 22.6. The predicted molar refractivity (Wildman–Crippen MR) is 115 cm³/mol. The van der Waals surface area contributed by atoms with E-state index in [-0.39, 0.29) is 11.0 Å². The van der Waals surface area contributed by atoms with Crippen LogP contribution in [0.5, 0.6) is 0 Å². The lowest BCUT2D eigenvalue weighted by molar-refractivity contribution is 0.560. The maximum atomic E-state index is 11.7. The van der Waals surface area contributed by atoms with Crippen LogP contribution in [-0.2, 0) is 5.41 Å². The lowest BCUT2D eigenvalue weighted by atomic mass is 9.82. The number of rotatable bonds is 2. The first-order valence-corrected chi connectivity index (χ1v) is 9.49. The van der Waals surface area contributed by atoms with E-state index in [0.717, 1.165) is 22.3 Å².